The molecule has 84 valence electrons. The maximum absolute atomic E-state index is 11.3. The van der Waals surface area contributed by atoms with Crippen LogP contribution in [0, 0.1) is 6.92 Å². The molecule has 0 aliphatic carbocycles. The summed E-state index contributed by atoms with van der Waals surface area (Å²) >= 11 is 0. The van der Waals surface area contributed by atoms with Gasteiger partial charge in [-0.3, -0.25) is 4.79 Å². The first-order valence-corrected chi connectivity index (χ1v) is 5.23. The summed E-state index contributed by atoms with van der Waals surface area (Å²) in [7, 11) is 0. The molecule has 5 nitrogen and oxygen atoms in total. The first kappa shape index (κ1) is 11.7. The molecular weight excluding hydrogens is 194 g/mol. The minimum Gasteiger partial charge on any atom is -0.466 e. The minimum atomic E-state index is -0.248. The van der Waals surface area contributed by atoms with Crippen molar-refractivity contribution in [3.05, 3.63) is 11.6 Å². The molecular formula is C10H17N3O2. The van der Waals surface area contributed by atoms with E-state index in [1.165, 1.54) is 0 Å². The molecule has 0 aliphatic rings. The monoisotopic (exact) mass is 211 g/mol. The average molecular weight is 211 g/mol. The molecule has 0 unspecified atom stereocenters. The average Bonchev–Trinajstić information content (AvgIpc) is 2.51. The third-order valence-electron chi connectivity index (χ3n) is 2.07. The van der Waals surface area contributed by atoms with Crippen LogP contribution in [-0.2, 0) is 22.5 Å². The van der Waals surface area contributed by atoms with E-state index < -0.39 is 0 Å². The van der Waals surface area contributed by atoms with Gasteiger partial charge in [-0.15, -0.1) is 10.2 Å². The largest absolute Gasteiger partial charge is 0.466 e. The van der Waals surface area contributed by atoms with Gasteiger partial charge in [0.2, 0.25) is 0 Å². The van der Waals surface area contributed by atoms with E-state index in [0.29, 0.717) is 12.4 Å². The minimum absolute atomic E-state index is 0.203. The lowest BCUT2D eigenvalue weighted by molar-refractivity contribution is -0.142. The fourth-order valence-corrected chi connectivity index (χ4v) is 1.41. The molecule has 5 heteroatoms. The van der Waals surface area contributed by atoms with Crippen LogP contribution in [0.25, 0.3) is 0 Å². The summed E-state index contributed by atoms with van der Waals surface area (Å²) in [5.74, 6) is 1.28. The van der Waals surface area contributed by atoms with E-state index in [0.717, 1.165) is 18.8 Å². The maximum Gasteiger partial charge on any atom is 0.313 e. The van der Waals surface area contributed by atoms with Gasteiger partial charge in [0, 0.05) is 6.54 Å². The number of hydrogen-bond acceptors (Lipinski definition) is 4. The van der Waals surface area contributed by atoms with Gasteiger partial charge in [0.15, 0.2) is 0 Å². The van der Waals surface area contributed by atoms with Gasteiger partial charge in [-0.2, -0.15) is 0 Å². The summed E-state index contributed by atoms with van der Waals surface area (Å²) in [4.78, 5) is 11.3. The number of carbonyl (C=O) groups excluding carboxylic acids is 1. The summed E-state index contributed by atoms with van der Waals surface area (Å²) in [5, 5.41) is 7.92. The number of hydrogen-bond donors (Lipinski definition) is 0. The number of rotatable bonds is 5. The van der Waals surface area contributed by atoms with Gasteiger partial charge in [-0.1, -0.05) is 6.92 Å². The van der Waals surface area contributed by atoms with Crippen LogP contribution >= 0.6 is 0 Å². The fraction of sp³-hybridized carbons (Fsp3) is 0.700. The van der Waals surface area contributed by atoms with E-state index in [4.69, 9.17) is 4.74 Å². The van der Waals surface area contributed by atoms with Crippen LogP contribution < -0.4 is 0 Å². The molecule has 0 aliphatic heterocycles. The molecule has 0 fully saturated rings. The normalized spacial score (nSPS) is 10.3. The number of nitrogens with zero attached hydrogens (tertiary/aromatic N) is 3. The lowest BCUT2D eigenvalue weighted by Gasteiger charge is -2.06. The molecule has 0 bridgehead atoms. The van der Waals surface area contributed by atoms with Crippen molar-refractivity contribution in [3.8, 4) is 0 Å². The third-order valence-corrected chi connectivity index (χ3v) is 2.07. The number of esters is 1. The fourth-order valence-electron chi connectivity index (χ4n) is 1.41. The first-order valence-electron chi connectivity index (χ1n) is 5.23. The van der Waals surface area contributed by atoms with E-state index in [-0.39, 0.29) is 12.4 Å². The molecule has 0 atom stereocenters. The van der Waals surface area contributed by atoms with Crippen molar-refractivity contribution in [1.82, 2.24) is 14.8 Å². The zero-order chi connectivity index (χ0) is 11.3. The second kappa shape index (κ2) is 5.48. The van der Waals surface area contributed by atoms with Gasteiger partial charge >= 0.3 is 5.97 Å². The Labute approximate surface area is 89.5 Å². The quantitative estimate of drug-likeness (QED) is 0.684. The van der Waals surface area contributed by atoms with Gasteiger partial charge in [-0.25, -0.2) is 0 Å². The first-order chi connectivity index (χ1) is 7.19. The Bertz CT molecular complexity index is 333. The van der Waals surface area contributed by atoms with Gasteiger partial charge < -0.3 is 9.30 Å². The van der Waals surface area contributed by atoms with Crippen molar-refractivity contribution in [1.29, 1.82) is 0 Å². The van der Waals surface area contributed by atoms with Crippen LogP contribution in [0.4, 0.5) is 0 Å². The summed E-state index contributed by atoms with van der Waals surface area (Å²) < 4.78 is 6.82. The van der Waals surface area contributed by atoms with E-state index >= 15 is 0 Å². The highest BCUT2D eigenvalue weighted by atomic mass is 16.5. The Morgan fingerprint density at radius 2 is 2.13 bits per heavy atom. The van der Waals surface area contributed by atoms with Crippen LogP contribution in [0.15, 0.2) is 0 Å². The number of aromatic nitrogens is 3. The van der Waals surface area contributed by atoms with Crippen LogP contribution in [0.2, 0.25) is 0 Å². The predicted molar refractivity (Wildman–Crippen MR) is 55.4 cm³/mol. The van der Waals surface area contributed by atoms with Crippen molar-refractivity contribution in [2.45, 2.75) is 40.2 Å². The second-order valence-corrected chi connectivity index (χ2v) is 3.30. The van der Waals surface area contributed by atoms with Gasteiger partial charge in [0.05, 0.1) is 6.61 Å². The molecule has 0 aromatic carbocycles. The summed E-state index contributed by atoms with van der Waals surface area (Å²) in [6.07, 6.45) is 1.20. The van der Waals surface area contributed by atoms with Gasteiger partial charge in [0.25, 0.3) is 0 Å². The van der Waals surface area contributed by atoms with Crippen molar-refractivity contribution in [2.24, 2.45) is 0 Å². The van der Waals surface area contributed by atoms with E-state index in [1.54, 1.807) is 6.92 Å². The Morgan fingerprint density at radius 3 is 2.73 bits per heavy atom. The zero-order valence-corrected chi connectivity index (χ0v) is 9.49. The van der Waals surface area contributed by atoms with E-state index in [1.807, 2.05) is 11.5 Å². The van der Waals surface area contributed by atoms with Crippen LogP contribution in [0.1, 0.15) is 31.9 Å². The standard InChI is InChI=1S/C10H17N3O2/c1-4-6-13-8(3)11-12-9(13)7-10(14)15-5-2/h4-7H2,1-3H3. The second-order valence-electron chi connectivity index (χ2n) is 3.30. The summed E-state index contributed by atoms with van der Waals surface area (Å²) in [6, 6.07) is 0. The molecule has 0 saturated heterocycles. The Kier molecular flexibility index (Phi) is 4.27. The van der Waals surface area contributed by atoms with E-state index in [9.17, 15) is 4.79 Å². The molecule has 0 radical (unpaired) electrons. The van der Waals surface area contributed by atoms with Crippen molar-refractivity contribution in [3.63, 3.8) is 0 Å². The topological polar surface area (TPSA) is 57.0 Å². The highest BCUT2D eigenvalue weighted by Gasteiger charge is 2.12. The van der Waals surface area contributed by atoms with Gasteiger partial charge in [-0.05, 0) is 20.3 Å². The lowest BCUT2D eigenvalue weighted by Crippen LogP contribution is -2.13. The Hall–Kier alpha value is -1.39. The smallest absolute Gasteiger partial charge is 0.313 e. The SMILES string of the molecule is CCCn1c(C)nnc1CC(=O)OCC. The molecule has 0 N–H and O–H groups in total. The molecule has 1 aromatic heterocycles. The van der Waals surface area contributed by atoms with Crippen molar-refractivity contribution in [2.75, 3.05) is 6.61 Å². The molecule has 1 aromatic rings. The van der Waals surface area contributed by atoms with Crippen LogP contribution in [0.5, 0.6) is 0 Å². The molecule has 1 rings (SSSR count). The zero-order valence-electron chi connectivity index (χ0n) is 9.49. The van der Waals surface area contributed by atoms with Crippen LogP contribution in [0.3, 0.4) is 0 Å². The summed E-state index contributed by atoms with van der Waals surface area (Å²) in [5.41, 5.74) is 0. The Balaban J connectivity index is 2.71. The van der Waals surface area contributed by atoms with E-state index in [2.05, 4.69) is 17.1 Å². The van der Waals surface area contributed by atoms with Gasteiger partial charge in [0.1, 0.15) is 18.1 Å². The number of ether oxygens (including phenoxy) is 1. The van der Waals surface area contributed by atoms with Crippen molar-refractivity contribution >= 4 is 5.97 Å². The number of aryl methyl sites for hydroxylation is 1. The molecule has 1 heterocycles. The molecule has 0 amide bonds. The molecule has 0 saturated carbocycles. The van der Waals surface area contributed by atoms with Crippen LogP contribution in [-0.4, -0.2) is 27.3 Å². The maximum atomic E-state index is 11.3. The lowest BCUT2D eigenvalue weighted by atomic mass is 10.3. The van der Waals surface area contributed by atoms with Crippen molar-refractivity contribution < 1.29 is 9.53 Å². The number of carbonyl (C=O) groups is 1. The Morgan fingerprint density at radius 1 is 1.40 bits per heavy atom. The predicted octanol–water partition coefficient (Wildman–Crippen LogP) is 1.10. The molecule has 0 spiro atoms. The highest BCUT2D eigenvalue weighted by molar-refractivity contribution is 5.71. The summed E-state index contributed by atoms with van der Waals surface area (Å²) in [6.45, 7) is 7.00. The third kappa shape index (κ3) is 3.04. The highest BCUT2D eigenvalue weighted by Crippen LogP contribution is 2.04. The molecule has 15 heavy (non-hydrogen) atoms.